The van der Waals surface area contributed by atoms with E-state index in [0.717, 1.165) is 24.9 Å². The van der Waals surface area contributed by atoms with Gasteiger partial charge in [-0.1, -0.05) is 54.6 Å². The molecule has 3 aromatic rings. The number of rotatable bonds is 6. The van der Waals surface area contributed by atoms with Crippen molar-refractivity contribution in [1.29, 1.82) is 0 Å². The van der Waals surface area contributed by atoms with E-state index in [1.165, 1.54) is 16.7 Å². The summed E-state index contributed by atoms with van der Waals surface area (Å²) in [6.45, 7) is 1.58. The van der Waals surface area contributed by atoms with Crippen molar-refractivity contribution < 1.29 is 5.11 Å². The molecule has 1 aliphatic rings. The average Bonchev–Trinajstić information content (AvgIpc) is 3.26. The number of aliphatic hydroxyl groups is 1. The van der Waals surface area contributed by atoms with Gasteiger partial charge in [-0.2, -0.15) is 5.10 Å². The molecule has 0 saturated carbocycles. The fourth-order valence-corrected chi connectivity index (χ4v) is 3.72. The zero-order valence-electron chi connectivity index (χ0n) is 14.2. The van der Waals surface area contributed by atoms with Crippen LogP contribution < -0.4 is 5.32 Å². The van der Waals surface area contributed by atoms with Crippen LogP contribution in [0.4, 0.5) is 0 Å². The van der Waals surface area contributed by atoms with Gasteiger partial charge in [-0.3, -0.25) is 4.68 Å². The van der Waals surface area contributed by atoms with Gasteiger partial charge in [0, 0.05) is 18.3 Å². The summed E-state index contributed by atoms with van der Waals surface area (Å²) >= 11 is 0. The molecule has 2 N–H and O–H groups in total. The Balaban J connectivity index is 1.45. The predicted octanol–water partition coefficient (Wildman–Crippen LogP) is 2.86. The average molecular weight is 333 g/mol. The van der Waals surface area contributed by atoms with Gasteiger partial charge in [-0.25, -0.2) is 0 Å². The molecule has 4 nitrogen and oxygen atoms in total. The molecule has 0 bridgehead atoms. The van der Waals surface area contributed by atoms with Crippen molar-refractivity contribution >= 4 is 0 Å². The molecule has 25 heavy (non-hydrogen) atoms. The second-order valence-corrected chi connectivity index (χ2v) is 6.78. The van der Waals surface area contributed by atoms with Crippen molar-refractivity contribution in [2.75, 3.05) is 6.61 Å². The summed E-state index contributed by atoms with van der Waals surface area (Å²) in [5.74, 6) is 0. The first-order chi connectivity index (χ1) is 12.3. The third kappa shape index (κ3) is 3.23. The van der Waals surface area contributed by atoms with E-state index in [9.17, 15) is 5.11 Å². The van der Waals surface area contributed by atoms with Crippen LogP contribution in [-0.2, 0) is 25.0 Å². The topological polar surface area (TPSA) is 50.1 Å². The zero-order valence-corrected chi connectivity index (χ0v) is 14.2. The summed E-state index contributed by atoms with van der Waals surface area (Å²) in [5, 5.41) is 18.1. The smallest absolute Gasteiger partial charge is 0.0677 e. The monoisotopic (exact) mass is 333 g/mol. The van der Waals surface area contributed by atoms with Crippen molar-refractivity contribution in [1.82, 2.24) is 15.1 Å². The highest BCUT2D eigenvalue weighted by atomic mass is 16.3. The lowest BCUT2D eigenvalue weighted by molar-refractivity contribution is 0.159. The summed E-state index contributed by atoms with van der Waals surface area (Å²) in [6, 6.07) is 18.7. The third-order valence-electron chi connectivity index (χ3n) is 5.13. The highest BCUT2D eigenvalue weighted by Crippen LogP contribution is 2.36. The molecule has 0 fully saturated rings. The standard InChI is InChI=1S/C21H23N3O/c25-16-21(11-10-19-8-4-5-9-20(19)21)22-12-18-13-23-24(15-18)14-17-6-2-1-3-7-17/h1-9,13,15,22,25H,10-12,14,16H2. The van der Waals surface area contributed by atoms with Gasteiger partial charge in [-0.05, 0) is 29.5 Å². The molecule has 4 heteroatoms. The molecule has 1 atom stereocenters. The van der Waals surface area contributed by atoms with E-state index < -0.39 is 0 Å². The number of aliphatic hydroxyl groups excluding tert-OH is 1. The Kier molecular flexibility index (Phi) is 4.38. The van der Waals surface area contributed by atoms with E-state index in [2.05, 4.69) is 46.9 Å². The summed E-state index contributed by atoms with van der Waals surface area (Å²) in [7, 11) is 0. The molecule has 1 aliphatic carbocycles. The number of aromatic nitrogens is 2. The third-order valence-corrected chi connectivity index (χ3v) is 5.13. The lowest BCUT2D eigenvalue weighted by Crippen LogP contribution is -2.43. The van der Waals surface area contributed by atoms with Crippen LogP contribution in [0.3, 0.4) is 0 Å². The first kappa shape index (κ1) is 16.1. The first-order valence-electron chi connectivity index (χ1n) is 8.79. The molecule has 128 valence electrons. The Morgan fingerprint density at radius 1 is 1.04 bits per heavy atom. The van der Waals surface area contributed by atoms with Gasteiger partial charge >= 0.3 is 0 Å². The Morgan fingerprint density at radius 2 is 1.84 bits per heavy atom. The number of aryl methyl sites for hydroxylation is 1. The van der Waals surface area contributed by atoms with Crippen molar-refractivity contribution in [3.05, 3.63) is 89.2 Å². The number of nitrogens with one attached hydrogen (secondary N) is 1. The number of nitrogens with zero attached hydrogens (tertiary/aromatic N) is 2. The Bertz CT molecular complexity index is 843. The summed E-state index contributed by atoms with van der Waals surface area (Å²) < 4.78 is 1.96. The van der Waals surface area contributed by atoms with E-state index >= 15 is 0 Å². The van der Waals surface area contributed by atoms with Crippen LogP contribution in [0, 0.1) is 0 Å². The molecule has 0 spiro atoms. The second kappa shape index (κ2) is 6.82. The SMILES string of the molecule is OCC1(NCc2cnn(Cc3ccccc3)c2)CCc2ccccc21. The van der Waals surface area contributed by atoms with Gasteiger partial charge in [-0.15, -0.1) is 0 Å². The summed E-state index contributed by atoms with van der Waals surface area (Å²) in [6.07, 6.45) is 5.92. The first-order valence-corrected chi connectivity index (χ1v) is 8.79. The van der Waals surface area contributed by atoms with Crippen molar-refractivity contribution in [2.45, 2.75) is 31.5 Å². The molecule has 1 heterocycles. The van der Waals surface area contributed by atoms with Gasteiger partial charge in [0.2, 0.25) is 0 Å². The molecular formula is C21H23N3O. The van der Waals surface area contributed by atoms with Gasteiger partial charge in [0.1, 0.15) is 0 Å². The van der Waals surface area contributed by atoms with Crippen LogP contribution in [0.1, 0.15) is 28.7 Å². The number of fused-ring (bicyclic) bond motifs is 1. The minimum absolute atomic E-state index is 0.113. The number of hydrogen-bond acceptors (Lipinski definition) is 3. The normalized spacial score (nSPS) is 19.1. The van der Waals surface area contributed by atoms with Crippen LogP contribution in [0.25, 0.3) is 0 Å². The molecule has 1 unspecified atom stereocenters. The number of hydrogen-bond donors (Lipinski definition) is 2. The van der Waals surface area contributed by atoms with Crippen molar-refractivity contribution in [2.24, 2.45) is 0 Å². The Morgan fingerprint density at radius 3 is 2.68 bits per heavy atom. The fourth-order valence-electron chi connectivity index (χ4n) is 3.72. The van der Waals surface area contributed by atoms with E-state index in [4.69, 9.17) is 0 Å². The fraction of sp³-hybridized carbons (Fsp3) is 0.286. The van der Waals surface area contributed by atoms with Crippen molar-refractivity contribution in [3.63, 3.8) is 0 Å². The number of benzene rings is 2. The van der Waals surface area contributed by atoms with Gasteiger partial charge in [0.25, 0.3) is 0 Å². The lowest BCUT2D eigenvalue weighted by atomic mass is 9.92. The van der Waals surface area contributed by atoms with Gasteiger partial charge in [0.15, 0.2) is 0 Å². The maximum absolute atomic E-state index is 10.1. The Labute approximate surface area is 148 Å². The molecule has 2 aromatic carbocycles. The highest BCUT2D eigenvalue weighted by Gasteiger charge is 2.37. The molecule has 0 amide bonds. The van der Waals surface area contributed by atoms with Crippen LogP contribution >= 0.6 is 0 Å². The van der Waals surface area contributed by atoms with Crippen LogP contribution in [0.15, 0.2) is 67.0 Å². The molecule has 0 radical (unpaired) electrons. The summed E-state index contributed by atoms with van der Waals surface area (Å²) in [5.41, 5.74) is 4.60. The highest BCUT2D eigenvalue weighted by molar-refractivity contribution is 5.39. The van der Waals surface area contributed by atoms with E-state index in [1.54, 1.807) is 0 Å². The van der Waals surface area contributed by atoms with E-state index in [-0.39, 0.29) is 12.1 Å². The molecule has 4 rings (SSSR count). The van der Waals surface area contributed by atoms with Crippen LogP contribution in [0.5, 0.6) is 0 Å². The largest absolute Gasteiger partial charge is 0.394 e. The van der Waals surface area contributed by atoms with Crippen molar-refractivity contribution in [3.8, 4) is 0 Å². The minimum Gasteiger partial charge on any atom is -0.394 e. The predicted molar refractivity (Wildman–Crippen MR) is 98.1 cm³/mol. The molecular weight excluding hydrogens is 310 g/mol. The summed E-state index contributed by atoms with van der Waals surface area (Å²) in [4.78, 5) is 0. The quantitative estimate of drug-likeness (QED) is 0.729. The maximum Gasteiger partial charge on any atom is 0.0677 e. The molecule has 0 saturated heterocycles. The zero-order chi connectivity index (χ0) is 17.1. The van der Waals surface area contributed by atoms with Crippen LogP contribution in [0.2, 0.25) is 0 Å². The van der Waals surface area contributed by atoms with E-state index in [0.29, 0.717) is 6.54 Å². The second-order valence-electron chi connectivity index (χ2n) is 6.78. The lowest BCUT2D eigenvalue weighted by Gasteiger charge is -2.29. The van der Waals surface area contributed by atoms with Crippen LogP contribution in [-0.4, -0.2) is 21.5 Å². The van der Waals surface area contributed by atoms with E-state index in [1.807, 2.05) is 35.1 Å². The van der Waals surface area contributed by atoms with Gasteiger partial charge in [0.05, 0.1) is 24.9 Å². The minimum atomic E-state index is -0.335. The Hall–Kier alpha value is -2.43. The maximum atomic E-state index is 10.1. The molecule has 0 aliphatic heterocycles. The molecule has 1 aromatic heterocycles. The van der Waals surface area contributed by atoms with Gasteiger partial charge < -0.3 is 10.4 Å².